The summed E-state index contributed by atoms with van der Waals surface area (Å²) >= 11 is 4.51. The predicted octanol–water partition coefficient (Wildman–Crippen LogP) is 2.34. The number of benzene rings is 1. The van der Waals surface area contributed by atoms with Gasteiger partial charge in [0.1, 0.15) is 0 Å². The summed E-state index contributed by atoms with van der Waals surface area (Å²) in [5.41, 5.74) is 1.21. The summed E-state index contributed by atoms with van der Waals surface area (Å²) in [4.78, 5) is 14.9. The molecule has 80 valence electrons. The first-order chi connectivity index (χ1) is 7.77. The molecule has 0 atom stereocenters. The van der Waals surface area contributed by atoms with Crippen LogP contribution in [0.4, 0.5) is 5.69 Å². The largest absolute Gasteiger partial charge is 0.456 e. The van der Waals surface area contributed by atoms with Gasteiger partial charge in [-0.3, -0.25) is 0 Å². The quantitative estimate of drug-likeness (QED) is 0.339. The Morgan fingerprint density at radius 3 is 2.94 bits per heavy atom. The fourth-order valence-electron chi connectivity index (χ4n) is 1.01. The third kappa shape index (κ3) is 3.66. The van der Waals surface area contributed by atoms with Crippen LogP contribution >= 0.6 is 12.2 Å². The Morgan fingerprint density at radius 2 is 2.25 bits per heavy atom. The highest BCUT2D eigenvalue weighted by atomic mass is 32.1. The Balaban J connectivity index is 2.96. The first kappa shape index (κ1) is 12.1. The number of para-hydroxylation sites is 1. The summed E-state index contributed by atoms with van der Waals surface area (Å²) in [5.74, 6) is 4.49. The number of nitrogens with zero attached hydrogens (tertiary/aromatic N) is 1. The zero-order valence-corrected chi connectivity index (χ0v) is 9.50. The topological polar surface area (TPSA) is 38.7 Å². The van der Waals surface area contributed by atoms with E-state index in [0.29, 0.717) is 17.9 Å². The summed E-state index contributed by atoms with van der Waals surface area (Å²) in [6, 6.07) is 7.10. The van der Waals surface area contributed by atoms with Gasteiger partial charge in [0.2, 0.25) is 0 Å². The monoisotopic (exact) mass is 231 g/mol. The van der Waals surface area contributed by atoms with Crippen molar-refractivity contribution in [2.45, 2.75) is 6.92 Å². The molecular formula is C12H9NO2S. The van der Waals surface area contributed by atoms with Crippen LogP contribution < -0.4 is 0 Å². The number of hydrogen-bond donors (Lipinski definition) is 0. The predicted molar refractivity (Wildman–Crippen MR) is 64.6 cm³/mol. The molecule has 0 aromatic heterocycles. The van der Waals surface area contributed by atoms with Gasteiger partial charge in [-0.2, -0.15) is 4.99 Å². The summed E-state index contributed by atoms with van der Waals surface area (Å²) < 4.78 is 4.68. The van der Waals surface area contributed by atoms with Gasteiger partial charge >= 0.3 is 5.97 Å². The van der Waals surface area contributed by atoms with Gasteiger partial charge in [0, 0.05) is 5.92 Å². The van der Waals surface area contributed by atoms with E-state index in [4.69, 9.17) is 0 Å². The van der Waals surface area contributed by atoms with Crippen LogP contribution in [0.25, 0.3) is 0 Å². The maximum atomic E-state index is 11.0. The lowest BCUT2D eigenvalue weighted by molar-refractivity contribution is -0.136. The first-order valence-corrected chi connectivity index (χ1v) is 5.04. The van der Waals surface area contributed by atoms with E-state index in [0.717, 1.165) is 0 Å². The summed E-state index contributed by atoms with van der Waals surface area (Å²) in [5, 5.41) is 2.26. The van der Waals surface area contributed by atoms with Crippen LogP contribution in [0.5, 0.6) is 0 Å². The molecule has 0 aliphatic heterocycles. The molecule has 4 heteroatoms. The zero-order valence-electron chi connectivity index (χ0n) is 8.69. The highest BCUT2D eigenvalue weighted by Crippen LogP contribution is 2.16. The molecule has 1 aromatic rings. The number of ether oxygens (including phenoxy) is 1. The summed E-state index contributed by atoms with van der Waals surface area (Å²) in [7, 11) is 0. The first-order valence-electron chi connectivity index (χ1n) is 4.63. The van der Waals surface area contributed by atoms with E-state index in [1.165, 1.54) is 0 Å². The average Bonchev–Trinajstić information content (AvgIpc) is 2.29. The van der Waals surface area contributed by atoms with Gasteiger partial charge in [0.05, 0.1) is 23.0 Å². The van der Waals surface area contributed by atoms with Gasteiger partial charge in [-0.25, -0.2) is 4.79 Å². The summed E-state index contributed by atoms with van der Waals surface area (Å²) in [6.07, 6.45) is 0. The molecule has 0 heterocycles. The molecule has 0 bridgehead atoms. The molecule has 0 spiro atoms. The van der Waals surface area contributed by atoms with Crippen molar-refractivity contribution in [3.63, 3.8) is 0 Å². The molecule has 0 fully saturated rings. The molecule has 0 unspecified atom stereocenters. The van der Waals surface area contributed by atoms with Crippen LogP contribution in [0, 0.1) is 11.8 Å². The van der Waals surface area contributed by atoms with E-state index >= 15 is 0 Å². The van der Waals surface area contributed by atoms with Crippen LogP contribution in [0.3, 0.4) is 0 Å². The molecule has 0 saturated heterocycles. The number of isothiocyanates is 1. The Kier molecular flexibility index (Phi) is 4.94. The van der Waals surface area contributed by atoms with Crippen molar-refractivity contribution in [3.8, 4) is 11.8 Å². The van der Waals surface area contributed by atoms with Crippen LogP contribution in [0.2, 0.25) is 0 Å². The van der Waals surface area contributed by atoms with Crippen molar-refractivity contribution < 1.29 is 9.53 Å². The number of thiocarbonyl (C=S) groups is 1. The Hall–Kier alpha value is -1.95. The number of hydrogen-bond acceptors (Lipinski definition) is 4. The van der Waals surface area contributed by atoms with Crippen LogP contribution in [-0.4, -0.2) is 17.7 Å². The van der Waals surface area contributed by atoms with Crippen molar-refractivity contribution in [2.75, 3.05) is 6.61 Å². The van der Waals surface area contributed by atoms with Crippen molar-refractivity contribution >= 4 is 29.0 Å². The number of carbonyl (C=O) groups excluding carboxylic acids is 1. The number of esters is 1. The van der Waals surface area contributed by atoms with Crippen molar-refractivity contribution in [3.05, 3.63) is 29.8 Å². The third-order valence-electron chi connectivity index (χ3n) is 1.64. The fourth-order valence-corrected chi connectivity index (χ4v) is 1.11. The lowest BCUT2D eigenvalue weighted by atomic mass is 10.2. The standard InChI is InChI=1S/C12H9NO2S/c1-2-15-12(14)8-7-10-5-3-4-6-11(10)13-9-16/h3-6H,2H2,1H3. The lowest BCUT2D eigenvalue weighted by Crippen LogP contribution is -1.99. The Labute approximate surface area is 99.1 Å². The second-order valence-corrected chi connectivity index (χ2v) is 2.87. The van der Waals surface area contributed by atoms with Crippen LogP contribution in [0.1, 0.15) is 12.5 Å². The molecule has 0 saturated carbocycles. The lowest BCUT2D eigenvalue weighted by Gasteiger charge is -1.95. The average molecular weight is 231 g/mol. The minimum Gasteiger partial charge on any atom is -0.456 e. The summed E-state index contributed by atoms with van der Waals surface area (Å²) in [6.45, 7) is 2.04. The van der Waals surface area contributed by atoms with Gasteiger partial charge in [-0.05, 0) is 31.3 Å². The molecule has 0 amide bonds. The minimum absolute atomic E-state index is 0.313. The molecule has 3 nitrogen and oxygen atoms in total. The van der Waals surface area contributed by atoms with Gasteiger partial charge < -0.3 is 4.74 Å². The molecule has 16 heavy (non-hydrogen) atoms. The molecule has 1 aromatic carbocycles. The Bertz CT molecular complexity index is 493. The molecule has 0 N–H and O–H groups in total. The number of rotatable bonds is 2. The Morgan fingerprint density at radius 1 is 1.50 bits per heavy atom. The zero-order chi connectivity index (χ0) is 11.8. The molecule has 1 rings (SSSR count). The van der Waals surface area contributed by atoms with Crippen LogP contribution in [0.15, 0.2) is 29.3 Å². The van der Waals surface area contributed by atoms with Gasteiger partial charge in [0.15, 0.2) is 0 Å². The minimum atomic E-state index is -0.552. The smallest absolute Gasteiger partial charge is 0.384 e. The molecule has 0 aliphatic carbocycles. The maximum Gasteiger partial charge on any atom is 0.384 e. The van der Waals surface area contributed by atoms with Gasteiger partial charge in [-0.15, -0.1) is 0 Å². The van der Waals surface area contributed by atoms with E-state index in [1.54, 1.807) is 31.2 Å². The van der Waals surface area contributed by atoms with Crippen molar-refractivity contribution in [2.24, 2.45) is 4.99 Å². The van der Waals surface area contributed by atoms with E-state index in [9.17, 15) is 4.79 Å². The highest BCUT2D eigenvalue weighted by molar-refractivity contribution is 7.78. The van der Waals surface area contributed by atoms with E-state index in [-0.39, 0.29) is 0 Å². The molecule has 0 radical (unpaired) electrons. The van der Waals surface area contributed by atoms with Crippen molar-refractivity contribution in [1.29, 1.82) is 0 Å². The molecular weight excluding hydrogens is 222 g/mol. The maximum absolute atomic E-state index is 11.0. The normalized spacial score (nSPS) is 8.31. The fraction of sp³-hybridized carbons (Fsp3) is 0.167. The molecule has 0 aliphatic rings. The van der Waals surface area contributed by atoms with Gasteiger partial charge in [0.25, 0.3) is 0 Å². The second kappa shape index (κ2) is 6.52. The third-order valence-corrected chi connectivity index (χ3v) is 1.74. The van der Waals surface area contributed by atoms with Crippen LogP contribution in [-0.2, 0) is 9.53 Å². The highest BCUT2D eigenvalue weighted by Gasteiger charge is 1.97. The number of carbonyl (C=O) groups is 1. The van der Waals surface area contributed by atoms with Crippen molar-refractivity contribution in [1.82, 2.24) is 0 Å². The number of aliphatic imine (C=N–C) groups is 1. The van der Waals surface area contributed by atoms with E-state index in [2.05, 4.69) is 38.9 Å². The SMILES string of the molecule is CCOC(=O)C#Cc1ccccc1N=C=S. The second-order valence-electron chi connectivity index (χ2n) is 2.69. The van der Waals surface area contributed by atoms with Gasteiger partial charge in [-0.1, -0.05) is 18.1 Å². The van der Waals surface area contributed by atoms with E-state index < -0.39 is 5.97 Å². The van der Waals surface area contributed by atoms with E-state index in [1.807, 2.05) is 0 Å².